The molecule has 0 saturated heterocycles. The van der Waals surface area contributed by atoms with Gasteiger partial charge in [-0.05, 0) is 0 Å². The summed E-state index contributed by atoms with van der Waals surface area (Å²) in [6, 6.07) is 4.91. The topological polar surface area (TPSA) is 0 Å². The first-order valence-electron chi connectivity index (χ1n) is 12.1. The molecule has 4 rings (SSSR count). The predicted molar refractivity (Wildman–Crippen MR) is 154 cm³/mol. The molecule has 0 heterocycles. The standard InChI is InChI=1S/C23H29.C5H5.C3H6.2ClH.Zr/c1-14-9-16(22(3,4)5)11-20-18(14)13-19-15(2)10-17(12-21(19)20)23(6,7)8;1-2-4-5-3-1;1-3-2;;;/h9-13H,1-8H3;1-3H,4H2;1-2H3;2*1H;. The monoisotopic (exact) mass is 574 g/mol. The maximum atomic E-state index is 2.69. The first kappa shape index (κ1) is 29.5. The van der Waals surface area contributed by atoms with Gasteiger partial charge in [-0.2, -0.15) is 0 Å². The average molecular weight is 577 g/mol. The fourth-order valence-corrected chi connectivity index (χ4v) is 14.7. The summed E-state index contributed by atoms with van der Waals surface area (Å²) in [5.41, 5.74) is 10.6. The van der Waals surface area contributed by atoms with Crippen molar-refractivity contribution in [2.24, 2.45) is 5.41 Å². The summed E-state index contributed by atoms with van der Waals surface area (Å²) in [5.74, 6) is 0. The van der Waals surface area contributed by atoms with Crippen LogP contribution < -0.4 is 0 Å². The Morgan fingerprint density at radius 2 is 1.59 bits per heavy atom. The summed E-state index contributed by atoms with van der Waals surface area (Å²) in [6.07, 6.45) is 16.0. The third-order valence-corrected chi connectivity index (χ3v) is 15.9. The van der Waals surface area contributed by atoms with Crippen LogP contribution >= 0.6 is 24.8 Å². The van der Waals surface area contributed by atoms with Crippen LogP contribution in [0.25, 0.3) is 11.6 Å². The molecule has 0 aliphatic heterocycles. The fourth-order valence-electron chi connectivity index (χ4n) is 5.63. The molecule has 0 nitrogen and oxygen atoms in total. The van der Waals surface area contributed by atoms with Crippen molar-refractivity contribution in [3.8, 4) is 0 Å². The largest absolute Gasteiger partial charge is 0.147 e. The van der Waals surface area contributed by atoms with Crippen LogP contribution in [0, 0.1) is 12.3 Å². The second kappa shape index (κ2) is 9.96. The Labute approximate surface area is 228 Å². The molecule has 3 aliphatic rings. The molecule has 1 aromatic rings. The first-order valence-corrected chi connectivity index (χ1v) is 15.8. The molecule has 0 spiro atoms. The molecule has 3 heteroatoms. The predicted octanol–water partition coefficient (Wildman–Crippen LogP) is 9.76. The van der Waals surface area contributed by atoms with Crippen LogP contribution in [0.2, 0.25) is 3.12 Å². The quantitative estimate of drug-likeness (QED) is 0.329. The summed E-state index contributed by atoms with van der Waals surface area (Å²) in [5, 5.41) is 0. The van der Waals surface area contributed by atoms with E-state index in [1.54, 1.807) is 12.1 Å². The summed E-state index contributed by atoms with van der Waals surface area (Å²) in [7, 11) is 0. The van der Waals surface area contributed by atoms with Crippen LogP contribution in [-0.2, 0) is 26.7 Å². The van der Waals surface area contributed by atoms with Crippen molar-refractivity contribution in [2.45, 2.75) is 84.2 Å². The van der Waals surface area contributed by atoms with Crippen LogP contribution in [0.3, 0.4) is 0 Å². The average Bonchev–Trinajstić information content (AvgIpc) is 3.28. The number of hydrogen-bond acceptors (Lipinski definition) is 0. The van der Waals surface area contributed by atoms with Gasteiger partial charge in [0.2, 0.25) is 0 Å². The minimum atomic E-state index is -2.15. The van der Waals surface area contributed by atoms with E-state index in [9.17, 15) is 0 Å². The van der Waals surface area contributed by atoms with Crippen LogP contribution in [0.4, 0.5) is 0 Å². The molecule has 0 amide bonds. The molecule has 0 N–H and O–H groups in total. The van der Waals surface area contributed by atoms with Crippen LogP contribution in [0.15, 0.2) is 56.9 Å². The zero-order valence-electron chi connectivity index (χ0n) is 22.6. The number of aryl methyl sites for hydroxylation is 1. The molecule has 0 aromatic heterocycles. The molecule has 3 aliphatic carbocycles. The minimum Gasteiger partial charge on any atom is -0.147 e. The minimum absolute atomic E-state index is 0. The van der Waals surface area contributed by atoms with Gasteiger partial charge in [0.15, 0.2) is 0 Å². The maximum Gasteiger partial charge on any atom is -0.147 e. The van der Waals surface area contributed by atoms with Crippen LogP contribution in [0.1, 0.15) is 91.0 Å². The summed E-state index contributed by atoms with van der Waals surface area (Å²) in [4.78, 5) is 0. The van der Waals surface area contributed by atoms with E-state index in [1.807, 2.05) is 0 Å². The van der Waals surface area contributed by atoms with E-state index in [4.69, 9.17) is 0 Å². The molecule has 1 aromatic carbocycles. The van der Waals surface area contributed by atoms with Gasteiger partial charge >= 0.3 is 205 Å². The van der Waals surface area contributed by atoms with Crippen molar-refractivity contribution in [2.75, 3.05) is 0 Å². The van der Waals surface area contributed by atoms with Crippen molar-refractivity contribution in [3.05, 3.63) is 79.2 Å². The Morgan fingerprint density at radius 3 is 2.09 bits per heavy atom. The van der Waals surface area contributed by atoms with Gasteiger partial charge in [-0.3, -0.25) is 0 Å². The van der Waals surface area contributed by atoms with Crippen molar-refractivity contribution in [3.63, 3.8) is 0 Å². The molecular formula is C31H42Cl2Zr. The maximum absolute atomic E-state index is 2.69. The van der Waals surface area contributed by atoms with E-state index in [0.717, 1.165) is 6.42 Å². The molecule has 0 bridgehead atoms. The molecule has 0 radical (unpaired) electrons. The molecule has 1 unspecified atom stereocenters. The molecule has 1 atom stereocenters. The van der Waals surface area contributed by atoms with Gasteiger partial charge < -0.3 is 0 Å². The summed E-state index contributed by atoms with van der Waals surface area (Å²) < 4.78 is 3.57. The number of fused-ring (bicyclic) bond motifs is 3. The van der Waals surface area contributed by atoms with Gasteiger partial charge in [0, 0.05) is 0 Å². The van der Waals surface area contributed by atoms with Gasteiger partial charge in [-0.15, -0.1) is 24.8 Å². The Hall–Kier alpha value is -0.747. The van der Waals surface area contributed by atoms with Gasteiger partial charge in [0.05, 0.1) is 0 Å². The Balaban J connectivity index is 0.00000204. The smallest absolute Gasteiger partial charge is 0.147 e. The normalized spacial score (nSPS) is 20.8. The number of halogens is 2. The van der Waals surface area contributed by atoms with E-state index < -0.39 is 21.3 Å². The van der Waals surface area contributed by atoms with Crippen molar-refractivity contribution in [1.29, 1.82) is 0 Å². The number of rotatable bonds is 2. The number of hydrogen-bond donors (Lipinski definition) is 0. The van der Waals surface area contributed by atoms with Crippen LogP contribution in [-0.4, -0.2) is 3.21 Å². The van der Waals surface area contributed by atoms with Crippen LogP contribution in [0.5, 0.6) is 0 Å². The van der Waals surface area contributed by atoms with E-state index in [0.29, 0.717) is 0 Å². The number of allylic oxidation sites excluding steroid dienone is 9. The fraction of sp³-hybridized carbons (Fsp3) is 0.452. The molecule has 0 saturated carbocycles. The van der Waals surface area contributed by atoms with E-state index >= 15 is 0 Å². The van der Waals surface area contributed by atoms with Gasteiger partial charge in [-0.1, -0.05) is 0 Å². The van der Waals surface area contributed by atoms with Crippen molar-refractivity contribution < 1.29 is 21.3 Å². The summed E-state index contributed by atoms with van der Waals surface area (Å²) >= 11 is -2.15. The van der Waals surface area contributed by atoms with E-state index in [2.05, 4.69) is 118 Å². The summed E-state index contributed by atoms with van der Waals surface area (Å²) in [6.45, 7) is 23.8. The third kappa shape index (κ3) is 5.05. The SMILES string of the molecule is C[C](C)=[Zr]([C]1=CC=CC1)[C]1(C)C=C(C(C)(C)C)C=C2C1=Cc1c(C)cc(C(C)(C)C)cc12.Cl.Cl. The Bertz CT molecular complexity index is 1180. The third-order valence-electron chi connectivity index (χ3n) is 7.40. The van der Waals surface area contributed by atoms with E-state index in [-0.39, 0.29) is 38.8 Å². The van der Waals surface area contributed by atoms with Crippen molar-refractivity contribution >= 4 is 39.7 Å². The zero-order chi connectivity index (χ0) is 23.6. The zero-order valence-corrected chi connectivity index (χ0v) is 26.7. The van der Waals surface area contributed by atoms with Gasteiger partial charge in [-0.25, -0.2) is 0 Å². The first-order chi connectivity index (χ1) is 14.7. The van der Waals surface area contributed by atoms with E-state index in [1.165, 1.54) is 33.4 Å². The van der Waals surface area contributed by atoms with Gasteiger partial charge in [0.1, 0.15) is 0 Å². The Morgan fingerprint density at radius 1 is 0.941 bits per heavy atom. The molecule has 34 heavy (non-hydrogen) atoms. The molecule has 184 valence electrons. The van der Waals surface area contributed by atoms with Gasteiger partial charge in [0.25, 0.3) is 0 Å². The van der Waals surface area contributed by atoms with Crippen molar-refractivity contribution in [1.82, 2.24) is 0 Å². The second-order valence-corrected chi connectivity index (χ2v) is 20.8. The molecular weight excluding hydrogens is 534 g/mol. The molecule has 0 fully saturated rings. The Kier molecular flexibility index (Phi) is 8.63. The second-order valence-electron chi connectivity index (χ2n) is 12.4. The number of benzene rings is 1.